The van der Waals surface area contributed by atoms with Crippen LogP contribution in [0.2, 0.25) is 0 Å². The number of carbonyl (C=O) groups excluding carboxylic acids is 1. The molecule has 1 unspecified atom stereocenters. The van der Waals surface area contributed by atoms with Crippen LogP contribution in [0.1, 0.15) is 6.92 Å². The van der Waals surface area contributed by atoms with E-state index in [0.29, 0.717) is 0 Å². The first kappa shape index (κ1) is 11.2. The van der Waals surface area contributed by atoms with Crippen LogP contribution in [0.4, 0.5) is 0 Å². The van der Waals surface area contributed by atoms with Crippen LogP contribution in [0, 0.1) is 5.92 Å². The van der Waals surface area contributed by atoms with Gasteiger partial charge in [0.1, 0.15) is 0 Å². The lowest BCUT2D eigenvalue weighted by molar-refractivity contribution is -0.122. The molecule has 5 heteroatoms. The van der Waals surface area contributed by atoms with Crippen molar-refractivity contribution in [3.05, 3.63) is 0 Å². The zero-order chi connectivity index (χ0) is 7.86. The summed E-state index contributed by atoms with van der Waals surface area (Å²) in [5.74, 6) is 7.14. The molecular weight excluding hydrogens is 122 g/mol. The minimum Gasteiger partial charge on any atom is -0.396 e. The Morgan fingerprint density at radius 1 is 1.67 bits per heavy atom. The van der Waals surface area contributed by atoms with E-state index in [9.17, 15) is 4.79 Å². The first-order valence-corrected chi connectivity index (χ1v) is 2.42. The molecule has 7 N–H and O–H groups in total. The van der Waals surface area contributed by atoms with Crippen LogP contribution < -0.4 is 17.4 Å². The van der Waals surface area contributed by atoms with Crippen molar-refractivity contribution in [2.45, 2.75) is 6.92 Å². The van der Waals surface area contributed by atoms with Gasteiger partial charge in [0.25, 0.3) is 0 Å². The molecule has 5 nitrogen and oxygen atoms in total. The molecule has 0 rings (SSSR count). The van der Waals surface area contributed by atoms with E-state index >= 15 is 0 Å². The molecule has 0 aliphatic rings. The smallest absolute Gasteiger partial charge is 0.222 e. The van der Waals surface area contributed by atoms with Crippen LogP contribution >= 0.6 is 0 Å². The fourth-order valence-electron chi connectivity index (χ4n) is 0.0900. The number of amides is 1. The Balaban J connectivity index is 0. The maximum Gasteiger partial charge on any atom is 0.222 e. The Morgan fingerprint density at radius 3 is 2.00 bits per heavy atom. The molecule has 1 atom stereocenters. The van der Waals surface area contributed by atoms with Crippen molar-refractivity contribution >= 4 is 5.91 Å². The van der Waals surface area contributed by atoms with E-state index in [1.54, 1.807) is 6.92 Å². The van der Waals surface area contributed by atoms with Gasteiger partial charge < -0.3 is 10.8 Å². The van der Waals surface area contributed by atoms with Crippen LogP contribution in [0.25, 0.3) is 0 Å². The number of primary amides is 1. The summed E-state index contributed by atoms with van der Waals surface area (Å²) < 4.78 is 0. The van der Waals surface area contributed by atoms with Gasteiger partial charge in [-0.15, -0.1) is 0 Å². The highest BCUT2D eigenvalue weighted by Crippen LogP contribution is 1.86. The molecule has 0 heterocycles. The normalized spacial score (nSPS) is 11.1. The fraction of sp³-hybridized carbons (Fsp3) is 0.750. The number of rotatable bonds is 2. The summed E-state index contributed by atoms with van der Waals surface area (Å²) in [6, 6.07) is 0. The average Bonchev–Trinajstić information content (AvgIpc) is 1.91. The molecule has 0 aliphatic carbocycles. The third-order valence-corrected chi connectivity index (χ3v) is 0.760. The van der Waals surface area contributed by atoms with Gasteiger partial charge >= 0.3 is 0 Å². The van der Waals surface area contributed by atoms with Gasteiger partial charge in [0.15, 0.2) is 0 Å². The Labute approximate surface area is 53.8 Å². The number of carbonyl (C=O) groups is 1. The van der Waals surface area contributed by atoms with Crippen LogP contribution in [0.5, 0.6) is 0 Å². The Morgan fingerprint density at radius 2 is 2.00 bits per heavy atom. The summed E-state index contributed by atoms with van der Waals surface area (Å²) in [5.41, 5.74) is 4.75. The summed E-state index contributed by atoms with van der Waals surface area (Å²) in [6.07, 6.45) is 0. The molecule has 0 aliphatic heterocycles. The Bertz CT molecular complexity index is 76.2. The molecule has 0 saturated carbocycles. The highest BCUT2D eigenvalue weighted by molar-refractivity contribution is 5.76. The number of aliphatic hydroxyl groups excluding tert-OH is 1. The van der Waals surface area contributed by atoms with E-state index in [-0.39, 0.29) is 6.61 Å². The topological polar surface area (TPSA) is 115 Å². The van der Waals surface area contributed by atoms with E-state index in [4.69, 9.17) is 10.8 Å². The van der Waals surface area contributed by atoms with Gasteiger partial charge in [-0.25, -0.2) is 0 Å². The third-order valence-electron chi connectivity index (χ3n) is 0.760. The van der Waals surface area contributed by atoms with E-state index in [1.807, 2.05) is 0 Å². The van der Waals surface area contributed by atoms with Gasteiger partial charge in [-0.05, 0) is 0 Å². The standard InChI is InChI=1S/C4H9NO2.H4N2/c1-3(2-6)4(5)7;1-2/h3,6H,2H2,1H3,(H2,5,7);1-2H2. The molecule has 0 aromatic heterocycles. The first-order valence-electron chi connectivity index (χ1n) is 2.42. The monoisotopic (exact) mass is 135 g/mol. The van der Waals surface area contributed by atoms with Gasteiger partial charge in [-0.1, -0.05) is 6.92 Å². The van der Waals surface area contributed by atoms with Crippen molar-refractivity contribution in [3.63, 3.8) is 0 Å². The molecule has 0 bridgehead atoms. The predicted octanol–water partition coefficient (Wildman–Crippen LogP) is -2.08. The number of hydrogen-bond acceptors (Lipinski definition) is 4. The van der Waals surface area contributed by atoms with Crippen molar-refractivity contribution in [2.75, 3.05) is 6.61 Å². The minimum absolute atomic E-state index is 0.157. The van der Waals surface area contributed by atoms with Crippen LogP contribution in [-0.2, 0) is 4.79 Å². The largest absolute Gasteiger partial charge is 0.396 e. The van der Waals surface area contributed by atoms with Gasteiger partial charge in [0, 0.05) is 0 Å². The number of nitrogens with two attached hydrogens (primary N) is 3. The lowest BCUT2D eigenvalue weighted by Gasteiger charge is -1.97. The predicted molar refractivity (Wildman–Crippen MR) is 33.8 cm³/mol. The summed E-state index contributed by atoms with van der Waals surface area (Å²) >= 11 is 0. The van der Waals surface area contributed by atoms with Gasteiger partial charge in [0.2, 0.25) is 5.91 Å². The number of hydrogen-bond donors (Lipinski definition) is 4. The van der Waals surface area contributed by atoms with Crippen molar-refractivity contribution in [1.82, 2.24) is 0 Å². The number of aliphatic hydroxyl groups is 1. The van der Waals surface area contributed by atoms with Crippen LogP contribution in [0.15, 0.2) is 0 Å². The maximum absolute atomic E-state index is 9.99. The highest BCUT2D eigenvalue weighted by atomic mass is 16.3. The molecule has 0 saturated heterocycles. The number of hydrazine groups is 1. The second-order valence-corrected chi connectivity index (χ2v) is 1.49. The van der Waals surface area contributed by atoms with Crippen LogP contribution in [0.3, 0.4) is 0 Å². The second-order valence-electron chi connectivity index (χ2n) is 1.49. The van der Waals surface area contributed by atoms with Crippen molar-refractivity contribution < 1.29 is 9.90 Å². The zero-order valence-corrected chi connectivity index (χ0v) is 5.37. The third kappa shape index (κ3) is 7.35. The summed E-state index contributed by atoms with van der Waals surface area (Å²) in [7, 11) is 0. The lowest BCUT2D eigenvalue weighted by Crippen LogP contribution is -2.22. The zero-order valence-electron chi connectivity index (χ0n) is 5.37. The molecule has 0 radical (unpaired) electrons. The van der Waals surface area contributed by atoms with Crippen molar-refractivity contribution in [2.24, 2.45) is 23.3 Å². The summed E-state index contributed by atoms with van der Waals surface area (Å²) in [5, 5.41) is 8.20. The Hall–Kier alpha value is -0.650. The van der Waals surface area contributed by atoms with Gasteiger partial charge in [-0.3, -0.25) is 16.5 Å². The molecule has 0 aromatic carbocycles. The Kier molecular flexibility index (Phi) is 9.14. The van der Waals surface area contributed by atoms with Gasteiger partial charge in [0.05, 0.1) is 12.5 Å². The molecular formula is C4H13N3O2. The molecule has 56 valence electrons. The quantitative estimate of drug-likeness (QED) is 0.257. The second kappa shape index (κ2) is 7.35. The fourth-order valence-corrected chi connectivity index (χ4v) is 0.0900. The van der Waals surface area contributed by atoms with E-state index in [1.165, 1.54) is 0 Å². The average molecular weight is 135 g/mol. The maximum atomic E-state index is 9.99. The van der Waals surface area contributed by atoms with Crippen LogP contribution in [-0.4, -0.2) is 17.6 Å². The van der Waals surface area contributed by atoms with E-state index < -0.39 is 11.8 Å². The van der Waals surface area contributed by atoms with Crippen molar-refractivity contribution in [1.29, 1.82) is 0 Å². The SMILES string of the molecule is CC(CO)C(N)=O.NN. The minimum atomic E-state index is -0.456. The molecule has 0 spiro atoms. The van der Waals surface area contributed by atoms with E-state index in [0.717, 1.165) is 0 Å². The molecule has 9 heavy (non-hydrogen) atoms. The first-order chi connectivity index (χ1) is 4.18. The summed E-state index contributed by atoms with van der Waals surface area (Å²) in [4.78, 5) is 9.99. The van der Waals surface area contributed by atoms with E-state index in [2.05, 4.69) is 11.7 Å². The highest BCUT2D eigenvalue weighted by Gasteiger charge is 2.03. The summed E-state index contributed by atoms with van der Waals surface area (Å²) in [6.45, 7) is 1.41. The molecule has 1 amide bonds. The molecule has 0 aromatic rings. The molecule has 0 fully saturated rings. The lowest BCUT2D eigenvalue weighted by atomic mass is 10.2. The van der Waals surface area contributed by atoms with Crippen molar-refractivity contribution in [3.8, 4) is 0 Å². The van der Waals surface area contributed by atoms with Gasteiger partial charge in [-0.2, -0.15) is 0 Å².